The molecule has 0 aliphatic heterocycles. The van der Waals surface area contributed by atoms with E-state index in [1.54, 1.807) is 30.1 Å². The van der Waals surface area contributed by atoms with Crippen LogP contribution >= 0.6 is 0 Å². The Morgan fingerprint density at radius 3 is 2.83 bits per heavy atom. The minimum Gasteiger partial charge on any atom is -0.484 e. The van der Waals surface area contributed by atoms with Gasteiger partial charge in [0.05, 0.1) is 6.33 Å². The molecule has 1 N–H and O–H groups in total. The zero-order chi connectivity index (χ0) is 16.4. The summed E-state index contributed by atoms with van der Waals surface area (Å²) in [7, 11) is 1.80. The standard InChI is InChI=1S/C14H12F3N5O/c1-22-8-20-11-12(18-7-19-13(11)22)21-9-3-2-4-10(5-9)23-6-14(15,16)17/h2-5,7-8H,6H2,1H3,(H,18,19,21). The Kier molecular flexibility index (Phi) is 3.77. The molecular weight excluding hydrogens is 311 g/mol. The van der Waals surface area contributed by atoms with Crippen molar-refractivity contribution in [3.8, 4) is 5.75 Å². The van der Waals surface area contributed by atoms with E-state index in [9.17, 15) is 13.2 Å². The number of hydrogen-bond donors (Lipinski definition) is 1. The first kappa shape index (κ1) is 15.1. The predicted molar refractivity (Wildman–Crippen MR) is 77.6 cm³/mol. The molecule has 0 saturated heterocycles. The molecule has 0 bridgehead atoms. The highest BCUT2D eigenvalue weighted by Gasteiger charge is 2.28. The summed E-state index contributed by atoms with van der Waals surface area (Å²) < 4.78 is 43.1. The highest BCUT2D eigenvalue weighted by Crippen LogP contribution is 2.25. The van der Waals surface area contributed by atoms with Gasteiger partial charge in [-0.05, 0) is 12.1 Å². The number of aryl methyl sites for hydroxylation is 1. The number of alkyl halides is 3. The van der Waals surface area contributed by atoms with Crippen molar-refractivity contribution in [2.24, 2.45) is 7.05 Å². The van der Waals surface area contributed by atoms with Crippen LogP contribution in [0.15, 0.2) is 36.9 Å². The number of halogens is 3. The zero-order valence-corrected chi connectivity index (χ0v) is 12.0. The molecule has 0 aliphatic carbocycles. The van der Waals surface area contributed by atoms with Gasteiger partial charge in [0.25, 0.3) is 0 Å². The molecule has 0 atom stereocenters. The average Bonchev–Trinajstić information content (AvgIpc) is 2.88. The normalized spacial score (nSPS) is 11.7. The Balaban J connectivity index is 1.82. The summed E-state index contributed by atoms with van der Waals surface area (Å²) in [6.07, 6.45) is -1.39. The first-order valence-electron chi connectivity index (χ1n) is 6.61. The molecule has 0 aliphatic rings. The van der Waals surface area contributed by atoms with Crippen LogP contribution in [0.25, 0.3) is 11.2 Å². The van der Waals surface area contributed by atoms with Crippen LogP contribution in [0.5, 0.6) is 5.75 Å². The molecule has 3 rings (SSSR count). The summed E-state index contributed by atoms with van der Waals surface area (Å²) in [4.78, 5) is 12.4. The molecule has 2 heterocycles. The lowest BCUT2D eigenvalue weighted by Crippen LogP contribution is -2.19. The highest BCUT2D eigenvalue weighted by atomic mass is 19.4. The molecular formula is C14H12F3N5O. The van der Waals surface area contributed by atoms with Gasteiger partial charge in [-0.25, -0.2) is 15.0 Å². The van der Waals surface area contributed by atoms with Crippen molar-refractivity contribution < 1.29 is 17.9 Å². The lowest BCUT2D eigenvalue weighted by atomic mass is 10.3. The molecule has 120 valence electrons. The summed E-state index contributed by atoms with van der Waals surface area (Å²) in [6, 6.07) is 6.19. The van der Waals surface area contributed by atoms with Crippen molar-refractivity contribution in [1.82, 2.24) is 19.5 Å². The number of fused-ring (bicyclic) bond motifs is 1. The molecule has 23 heavy (non-hydrogen) atoms. The van der Waals surface area contributed by atoms with Crippen molar-refractivity contribution in [2.45, 2.75) is 6.18 Å². The van der Waals surface area contributed by atoms with Crippen molar-refractivity contribution in [1.29, 1.82) is 0 Å². The van der Waals surface area contributed by atoms with E-state index >= 15 is 0 Å². The maximum atomic E-state index is 12.2. The predicted octanol–water partition coefficient (Wildman–Crippen LogP) is 3.05. The monoisotopic (exact) mass is 323 g/mol. The lowest BCUT2D eigenvalue weighted by molar-refractivity contribution is -0.153. The van der Waals surface area contributed by atoms with E-state index in [1.807, 2.05) is 0 Å². The maximum absolute atomic E-state index is 12.2. The third-order valence-electron chi connectivity index (χ3n) is 3.00. The van der Waals surface area contributed by atoms with E-state index in [4.69, 9.17) is 4.74 Å². The van der Waals surface area contributed by atoms with Crippen LogP contribution in [-0.2, 0) is 7.05 Å². The number of rotatable bonds is 4. The summed E-state index contributed by atoms with van der Waals surface area (Å²) in [6.45, 7) is -1.34. The minimum atomic E-state index is -4.38. The number of ether oxygens (including phenoxy) is 1. The number of anilines is 2. The smallest absolute Gasteiger partial charge is 0.422 e. The molecule has 0 radical (unpaired) electrons. The second-order valence-electron chi connectivity index (χ2n) is 4.81. The topological polar surface area (TPSA) is 64.9 Å². The SMILES string of the molecule is Cn1cnc2c(Nc3cccc(OCC(F)(F)F)c3)ncnc21. The number of nitrogens with one attached hydrogen (secondary N) is 1. The molecule has 0 unspecified atom stereocenters. The van der Waals surface area contributed by atoms with Crippen molar-refractivity contribution in [2.75, 3.05) is 11.9 Å². The highest BCUT2D eigenvalue weighted by molar-refractivity contribution is 5.85. The molecule has 0 saturated carbocycles. The fraction of sp³-hybridized carbons (Fsp3) is 0.214. The molecule has 3 aromatic rings. The summed E-state index contributed by atoms with van der Waals surface area (Å²) in [5.41, 5.74) is 1.75. The zero-order valence-electron chi connectivity index (χ0n) is 12.0. The second-order valence-corrected chi connectivity index (χ2v) is 4.81. The third kappa shape index (κ3) is 3.50. The molecule has 9 heteroatoms. The Morgan fingerprint density at radius 1 is 1.22 bits per heavy atom. The van der Waals surface area contributed by atoms with E-state index in [2.05, 4.69) is 20.3 Å². The summed E-state index contributed by atoms with van der Waals surface area (Å²) in [5.74, 6) is 0.571. The van der Waals surface area contributed by atoms with Gasteiger partial charge in [0, 0.05) is 18.8 Å². The van der Waals surface area contributed by atoms with E-state index in [-0.39, 0.29) is 5.75 Å². The van der Waals surface area contributed by atoms with E-state index < -0.39 is 12.8 Å². The number of aromatic nitrogens is 4. The number of imidazole rings is 1. The van der Waals surface area contributed by atoms with Gasteiger partial charge in [-0.15, -0.1) is 0 Å². The van der Waals surface area contributed by atoms with Gasteiger partial charge in [0.15, 0.2) is 23.6 Å². The van der Waals surface area contributed by atoms with Gasteiger partial charge in [0.2, 0.25) is 0 Å². The molecule has 0 spiro atoms. The fourth-order valence-electron chi connectivity index (χ4n) is 2.00. The number of nitrogens with zero attached hydrogens (tertiary/aromatic N) is 4. The van der Waals surface area contributed by atoms with E-state index in [1.165, 1.54) is 18.5 Å². The molecule has 2 aromatic heterocycles. The quantitative estimate of drug-likeness (QED) is 0.799. The molecule has 0 fully saturated rings. The van der Waals surface area contributed by atoms with Gasteiger partial charge in [0.1, 0.15) is 12.1 Å². The van der Waals surface area contributed by atoms with Crippen molar-refractivity contribution in [3.05, 3.63) is 36.9 Å². The van der Waals surface area contributed by atoms with Gasteiger partial charge in [-0.3, -0.25) is 0 Å². The number of hydrogen-bond acceptors (Lipinski definition) is 5. The average molecular weight is 323 g/mol. The van der Waals surface area contributed by atoms with E-state index in [0.29, 0.717) is 22.7 Å². The largest absolute Gasteiger partial charge is 0.484 e. The second kappa shape index (κ2) is 5.75. The van der Waals surface area contributed by atoms with Gasteiger partial charge >= 0.3 is 6.18 Å². The van der Waals surface area contributed by atoms with Crippen LogP contribution in [0.1, 0.15) is 0 Å². The Hall–Kier alpha value is -2.84. The molecule has 1 aromatic carbocycles. The van der Waals surface area contributed by atoms with Gasteiger partial charge in [-0.1, -0.05) is 6.07 Å². The molecule has 6 nitrogen and oxygen atoms in total. The summed E-state index contributed by atoms with van der Waals surface area (Å²) in [5, 5.41) is 3.01. The Morgan fingerprint density at radius 2 is 2.04 bits per heavy atom. The Labute approximate surface area is 129 Å². The van der Waals surface area contributed by atoms with Crippen LogP contribution < -0.4 is 10.1 Å². The minimum absolute atomic E-state index is 0.110. The first-order valence-corrected chi connectivity index (χ1v) is 6.61. The number of benzene rings is 1. The fourth-order valence-corrected chi connectivity index (χ4v) is 2.00. The summed E-state index contributed by atoms with van der Waals surface area (Å²) >= 11 is 0. The van der Waals surface area contributed by atoms with Crippen LogP contribution in [0.4, 0.5) is 24.7 Å². The van der Waals surface area contributed by atoms with Gasteiger partial charge in [-0.2, -0.15) is 13.2 Å². The van der Waals surface area contributed by atoms with Crippen molar-refractivity contribution in [3.63, 3.8) is 0 Å². The molecule has 0 amide bonds. The van der Waals surface area contributed by atoms with Gasteiger partial charge < -0.3 is 14.6 Å². The van der Waals surface area contributed by atoms with Crippen molar-refractivity contribution >= 4 is 22.7 Å². The van der Waals surface area contributed by atoms with Crippen LogP contribution in [0.3, 0.4) is 0 Å². The third-order valence-corrected chi connectivity index (χ3v) is 3.00. The maximum Gasteiger partial charge on any atom is 0.422 e. The Bertz CT molecular complexity index is 831. The first-order chi connectivity index (χ1) is 10.9. The lowest BCUT2D eigenvalue weighted by Gasteiger charge is -2.11. The van der Waals surface area contributed by atoms with Crippen LogP contribution in [-0.4, -0.2) is 32.3 Å². The van der Waals surface area contributed by atoms with Crippen LogP contribution in [0, 0.1) is 0 Å². The van der Waals surface area contributed by atoms with Crippen LogP contribution in [0.2, 0.25) is 0 Å². The van der Waals surface area contributed by atoms with E-state index in [0.717, 1.165) is 0 Å².